The molecule has 1 N–H and O–H groups in total. The quantitative estimate of drug-likeness (QED) is 0.903. The van der Waals surface area contributed by atoms with Crippen LogP contribution in [-0.4, -0.2) is 23.3 Å². The highest BCUT2D eigenvalue weighted by Gasteiger charge is 2.17. The predicted octanol–water partition coefficient (Wildman–Crippen LogP) is 1.14. The van der Waals surface area contributed by atoms with Crippen LogP contribution in [-0.2, 0) is 10.0 Å². The lowest BCUT2D eigenvalue weighted by molar-refractivity contribution is 0.594. The Morgan fingerprint density at radius 2 is 1.56 bits per heavy atom. The van der Waals surface area contributed by atoms with Crippen molar-refractivity contribution >= 4 is 10.0 Å². The molecule has 0 aliphatic carbocycles. The van der Waals surface area contributed by atoms with Crippen LogP contribution < -0.4 is 4.83 Å². The first-order valence-electron chi connectivity index (χ1n) is 5.35. The molecule has 1 aromatic carbocycles. The van der Waals surface area contributed by atoms with Gasteiger partial charge in [0.05, 0.1) is 4.90 Å². The molecule has 0 spiro atoms. The van der Waals surface area contributed by atoms with Crippen molar-refractivity contribution in [1.82, 2.24) is 14.9 Å². The van der Waals surface area contributed by atoms with Gasteiger partial charge in [-0.05, 0) is 43.5 Å². The fourth-order valence-electron chi connectivity index (χ4n) is 1.66. The molecular weight excluding hydrogens is 252 g/mol. The Labute approximate surface area is 106 Å². The van der Waals surface area contributed by atoms with Crippen LogP contribution in [0.25, 0.3) is 0 Å². The molecule has 96 valence electrons. The lowest BCUT2D eigenvalue weighted by Crippen LogP contribution is -2.23. The zero-order chi connectivity index (χ0) is 13.3. The Hall–Kier alpha value is -1.89. The van der Waals surface area contributed by atoms with E-state index in [4.69, 9.17) is 0 Å². The van der Waals surface area contributed by atoms with E-state index in [1.54, 1.807) is 13.0 Å². The molecule has 2 rings (SSSR count). The van der Waals surface area contributed by atoms with Gasteiger partial charge in [0.25, 0.3) is 10.0 Å². The second kappa shape index (κ2) is 4.41. The van der Waals surface area contributed by atoms with Gasteiger partial charge in [-0.1, -0.05) is 6.07 Å². The summed E-state index contributed by atoms with van der Waals surface area (Å²) in [5.74, 6) is 0. The van der Waals surface area contributed by atoms with Crippen molar-refractivity contribution in [3.05, 3.63) is 41.5 Å². The molecule has 0 saturated heterocycles. The Kier molecular flexibility index (Phi) is 3.08. The number of nitrogens with zero attached hydrogens (tertiary/aromatic N) is 3. The predicted molar refractivity (Wildman–Crippen MR) is 67.2 cm³/mol. The van der Waals surface area contributed by atoms with E-state index in [1.165, 1.54) is 17.3 Å². The smallest absolute Gasteiger partial charge is 0.221 e. The summed E-state index contributed by atoms with van der Waals surface area (Å²) in [4.78, 5) is 2.63. The van der Waals surface area contributed by atoms with Gasteiger partial charge in [-0.15, -0.1) is 10.2 Å². The van der Waals surface area contributed by atoms with Gasteiger partial charge in [0, 0.05) is 0 Å². The van der Waals surface area contributed by atoms with Crippen LogP contribution in [0.3, 0.4) is 0 Å². The van der Waals surface area contributed by atoms with Crippen LogP contribution in [0, 0.1) is 20.8 Å². The van der Waals surface area contributed by atoms with Crippen molar-refractivity contribution in [3.8, 4) is 0 Å². The second-order valence-corrected chi connectivity index (χ2v) is 5.80. The minimum Gasteiger partial charge on any atom is -0.221 e. The van der Waals surface area contributed by atoms with Gasteiger partial charge in [-0.25, -0.2) is 9.51 Å². The highest BCUT2D eigenvalue weighted by atomic mass is 32.2. The minimum atomic E-state index is -3.62. The molecule has 0 radical (unpaired) electrons. The van der Waals surface area contributed by atoms with Crippen molar-refractivity contribution in [1.29, 1.82) is 0 Å². The number of rotatable bonds is 3. The lowest BCUT2D eigenvalue weighted by Gasteiger charge is -2.12. The zero-order valence-electron chi connectivity index (χ0n) is 10.4. The third kappa shape index (κ3) is 2.35. The summed E-state index contributed by atoms with van der Waals surface area (Å²) in [7, 11) is -3.62. The second-order valence-electron chi connectivity index (χ2n) is 4.17. The Morgan fingerprint density at radius 1 is 1.00 bits per heavy atom. The fourth-order valence-corrected chi connectivity index (χ4v) is 2.94. The first kappa shape index (κ1) is 12.6. The summed E-state index contributed by atoms with van der Waals surface area (Å²) in [6, 6.07) is 3.52. The normalized spacial score (nSPS) is 11.5. The van der Waals surface area contributed by atoms with Gasteiger partial charge in [-0.3, -0.25) is 0 Å². The number of hydrogen-bond acceptors (Lipinski definition) is 4. The summed E-state index contributed by atoms with van der Waals surface area (Å²) in [6.07, 6.45) is 2.57. The maximum atomic E-state index is 12.2. The van der Waals surface area contributed by atoms with E-state index in [-0.39, 0.29) is 4.90 Å². The molecule has 7 heteroatoms. The summed E-state index contributed by atoms with van der Waals surface area (Å²) in [5, 5.41) is 7.08. The third-order valence-corrected chi connectivity index (χ3v) is 4.20. The summed E-state index contributed by atoms with van der Waals surface area (Å²) in [5.41, 5.74) is 2.71. The maximum absolute atomic E-state index is 12.2. The van der Waals surface area contributed by atoms with Crippen molar-refractivity contribution in [2.24, 2.45) is 0 Å². The monoisotopic (exact) mass is 266 g/mol. The molecule has 0 aliphatic rings. The van der Waals surface area contributed by atoms with E-state index in [1.807, 2.05) is 19.9 Å². The van der Waals surface area contributed by atoms with Gasteiger partial charge in [0.15, 0.2) is 0 Å². The molecule has 1 heterocycles. The van der Waals surface area contributed by atoms with Gasteiger partial charge < -0.3 is 0 Å². The van der Waals surface area contributed by atoms with Gasteiger partial charge in [0.2, 0.25) is 0 Å². The topological polar surface area (TPSA) is 76.9 Å². The molecule has 0 amide bonds. The van der Waals surface area contributed by atoms with Gasteiger partial charge in [-0.2, -0.15) is 8.42 Å². The van der Waals surface area contributed by atoms with E-state index in [9.17, 15) is 8.42 Å². The van der Waals surface area contributed by atoms with Crippen molar-refractivity contribution in [3.63, 3.8) is 0 Å². The molecule has 1 aromatic heterocycles. The van der Waals surface area contributed by atoms with Crippen LogP contribution in [0.5, 0.6) is 0 Å². The molecule has 18 heavy (non-hydrogen) atoms. The van der Waals surface area contributed by atoms with E-state index < -0.39 is 10.0 Å². The molecule has 0 fully saturated rings. The fraction of sp³-hybridized carbons (Fsp3) is 0.273. The number of nitrogens with one attached hydrogen (secondary N) is 1. The van der Waals surface area contributed by atoms with Crippen molar-refractivity contribution in [2.75, 3.05) is 4.83 Å². The number of benzene rings is 1. The van der Waals surface area contributed by atoms with Crippen LogP contribution in [0.2, 0.25) is 0 Å². The molecule has 0 unspecified atom stereocenters. The standard InChI is InChI=1S/C11H14N4O2S/c1-8-4-10(3)11(5-9(8)2)18(16,17)14-15-6-12-13-7-15/h4-7,14H,1-3H3. The largest absolute Gasteiger partial charge is 0.275 e. The van der Waals surface area contributed by atoms with Gasteiger partial charge >= 0.3 is 0 Å². The summed E-state index contributed by atoms with van der Waals surface area (Å²) in [6.45, 7) is 5.60. The first-order valence-corrected chi connectivity index (χ1v) is 6.84. The third-order valence-electron chi connectivity index (χ3n) is 2.73. The minimum absolute atomic E-state index is 0.263. The molecule has 6 nitrogen and oxygen atoms in total. The van der Waals surface area contributed by atoms with Gasteiger partial charge in [0.1, 0.15) is 12.7 Å². The van der Waals surface area contributed by atoms with Crippen LogP contribution in [0.1, 0.15) is 16.7 Å². The Bertz CT molecular complexity index is 663. The summed E-state index contributed by atoms with van der Waals surface area (Å²) >= 11 is 0. The van der Waals surface area contributed by atoms with E-state index in [0.717, 1.165) is 11.1 Å². The maximum Gasteiger partial charge on any atom is 0.275 e. The first-order chi connectivity index (χ1) is 8.40. The molecule has 0 bridgehead atoms. The van der Waals surface area contributed by atoms with Crippen molar-refractivity contribution in [2.45, 2.75) is 25.7 Å². The number of hydrogen-bond donors (Lipinski definition) is 1. The van der Waals surface area contributed by atoms with Crippen molar-refractivity contribution < 1.29 is 8.42 Å². The average Bonchev–Trinajstić information content (AvgIpc) is 2.75. The number of aryl methyl sites for hydroxylation is 3. The number of aromatic nitrogens is 3. The van der Waals surface area contributed by atoms with Crippen LogP contribution >= 0.6 is 0 Å². The van der Waals surface area contributed by atoms with Crippen LogP contribution in [0.15, 0.2) is 29.7 Å². The number of sulfonamides is 1. The Morgan fingerprint density at radius 3 is 2.17 bits per heavy atom. The lowest BCUT2D eigenvalue weighted by atomic mass is 10.1. The van der Waals surface area contributed by atoms with Crippen LogP contribution in [0.4, 0.5) is 0 Å². The molecular formula is C11H14N4O2S. The van der Waals surface area contributed by atoms with E-state index in [0.29, 0.717) is 5.56 Å². The average molecular weight is 266 g/mol. The highest BCUT2D eigenvalue weighted by Crippen LogP contribution is 2.20. The molecule has 0 saturated carbocycles. The highest BCUT2D eigenvalue weighted by molar-refractivity contribution is 7.92. The zero-order valence-corrected chi connectivity index (χ0v) is 11.2. The van der Waals surface area contributed by atoms with E-state index >= 15 is 0 Å². The Balaban J connectivity index is 2.44. The summed E-state index contributed by atoms with van der Waals surface area (Å²) < 4.78 is 25.6. The molecule has 0 aliphatic heterocycles. The van der Waals surface area contributed by atoms with E-state index in [2.05, 4.69) is 15.0 Å². The molecule has 0 atom stereocenters. The SMILES string of the molecule is Cc1cc(C)c(S(=O)(=O)Nn2cnnc2)cc1C. The molecule has 2 aromatic rings.